The molecule has 0 spiro atoms. The topological polar surface area (TPSA) is 65.3 Å². The van der Waals surface area contributed by atoms with Crippen LogP contribution in [0.4, 0.5) is 5.69 Å². The third kappa shape index (κ3) is 1.87. The van der Waals surface area contributed by atoms with Crippen LogP contribution in [-0.4, -0.2) is 17.0 Å². The summed E-state index contributed by atoms with van der Waals surface area (Å²) in [6.45, 7) is 0. The summed E-state index contributed by atoms with van der Waals surface area (Å²) >= 11 is 1.45. The quantitative estimate of drug-likeness (QED) is 0.607. The number of nitro groups is 1. The van der Waals surface area contributed by atoms with Crippen molar-refractivity contribution in [1.82, 2.24) is 4.98 Å². The third-order valence-electron chi connectivity index (χ3n) is 2.10. The summed E-state index contributed by atoms with van der Waals surface area (Å²) in [5, 5.41) is 12.6. The highest BCUT2D eigenvalue weighted by molar-refractivity contribution is 7.07. The predicted octanol–water partition coefficient (Wildman–Crippen LogP) is 2.73. The molecule has 0 aliphatic rings. The van der Waals surface area contributed by atoms with Gasteiger partial charge in [0.2, 0.25) is 0 Å². The van der Waals surface area contributed by atoms with E-state index in [9.17, 15) is 10.1 Å². The number of nitro benzene ring substituents is 1. The van der Waals surface area contributed by atoms with Crippen molar-refractivity contribution in [1.29, 1.82) is 0 Å². The van der Waals surface area contributed by atoms with Crippen molar-refractivity contribution in [3.05, 3.63) is 39.2 Å². The Bertz CT molecular complexity index is 511. The highest BCUT2D eigenvalue weighted by Gasteiger charge is 2.16. The van der Waals surface area contributed by atoms with E-state index in [-0.39, 0.29) is 11.4 Å². The molecule has 0 fully saturated rings. The highest BCUT2D eigenvalue weighted by atomic mass is 32.1. The minimum atomic E-state index is -0.464. The normalized spacial score (nSPS) is 10.1. The molecule has 1 heterocycles. The van der Waals surface area contributed by atoms with E-state index in [4.69, 9.17) is 4.74 Å². The van der Waals surface area contributed by atoms with Crippen LogP contribution in [0.1, 0.15) is 0 Å². The van der Waals surface area contributed by atoms with Gasteiger partial charge >= 0.3 is 5.69 Å². The van der Waals surface area contributed by atoms with Crippen molar-refractivity contribution in [3.8, 4) is 17.0 Å². The minimum Gasteiger partial charge on any atom is -0.490 e. The molecule has 0 aliphatic carbocycles. The summed E-state index contributed by atoms with van der Waals surface area (Å²) in [5.74, 6) is 0.254. The molecule has 0 unspecified atom stereocenters. The molecule has 0 bridgehead atoms. The molecule has 5 nitrogen and oxygen atoms in total. The number of benzene rings is 1. The van der Waals surface area contributed by atoms with Gasteiger partial charge in [-0.05, 0) is 12.1 Å². The van der Waals surface area contributed by atoms with E-state index in [2.05, 4.69) is 4.98 Å². The lowest BCUT2D eigenvalue weighted by atomic mass is 10.1. The van der Waals surface area contributed by atoms with E-state index in [0.717, 1.165) is 5.69 Å². The van der Waals surface area contributed by atoms with Crippen LogP contribution in [0.25, 0.3) is 11.3 Å². The van der Waals surface area contributed by atoms with E-state index in [1.165, 1.54) is 24.5 Å². The number of methoxy groups -OCH3 is 1. The summed E-state index contributed by atoms with van der Waals surface area (Å²) in [4.78, 5) is 14.4. The smallest absolute Gasteiger partial charge is 0.311 e. The SMILES string of the molecule is COc1ccc(-c2cscn2)cc1[N+](=O)[O-]. The zero-order valence-corrected chi connectivity index (χ0v) is 9.23. The van der Waals surface area contributed by atoms with E-state index in [0.29, 0.717) is 5.56 Å². The van der Waals surface area contributed by atoms with Crippen molar-refractivity contribution in [2.24, 2.45) is 0 Å². The molecule has 0 radical (unpaired) electrons. The fourth-order valence-electron chi connectivity index (χ4n) is 1.35. The molecule has 82 valence electrons. The Kier molecular flexibility index (Phi) is 2.82. The number of aromatic nitrogens is 1. The second kappa shape index (κ2) is 4.28. The summed E-state index contributed by atoms with van der Waals surface area (Å²) in [5.41, 5.74) is 3.09. The van der Waals surface area contributed by atoms with Crippen LogP contribution in [0.3, 0.4) is 0 Å². The molecule has 0 saturated carbocycles. The van der Waals surface area contributed by atoms with E-state index >= 15 is 0 Å². The molecule has 0 atom stereocenters. The Hall–Kier alpha value is -1.95. The van der Waals surface area contributed by atoms with Gasteiger partial charge in [0.25, 0.3) is 0 Å². The molecular weight excluding hydrogens is 228 g/mol. The maximum atomic E-state index is 10.8. The highest BCUT2D eigenvalue weighted by Crippen LogP contribution is 2.31. The predicted molar refractivity (Wildman–Crippen MR) is 60.8 cm³/mol. The molecule has 1 aromatic carbocycles. The molecule has 2 aromatic rings. The second-order valence-corrected chi connectivity index (χ2v) is 3.74. The van der Waals surface area contributed by atoms with Crippen molar-refractivity contribution >= 4 is 17.0 Å². The van der Waals surface area contributed by atoms with Gasteiger partial charge in [0, 0.05) is 17.0 Å². The fourth-order valence-corrected chi connectivity index (χ4v) is 1.91. The fraction of sp³-hybridized carbons (Fsp3) is 0.100. The second-order valence-electron chi connectivity index (χ2n) is 3.02. The molecule has 2 rings (SSSR count). The van der Waals surface area contributed by atoms with Crippen LogP contribution >= 0.6 is 11.3 Å². The van der Waals surface area contributed by atoms with Gasteiger partial charge in [0.05, 0.1) is 23.2 Å². The Morgan fingerprint density at radius 2 is 2.31 bits per heavy atom. The molecular formula is C10H8N2O3S. The molecule has 16 heavy (non-hydrogen) atoms. The first kappa shape index (κ1) is 10.6. The zero-order valence-electron chi connectivity index (χ0n) is 8.41. The van der Waals surface area contributed by atoms with Crippen LogP contribution in [0, 0.1) is 10.1 Å². The lowest BCUT2D eigenvalue weighted by Gasteiger charge is -2.02. The van der Waals surface area contributed by atoms with Gasteiger partial charge in [-0.3, -0.25) is 10.1 Å². The summed E-state index contributed by atoms with van der Waals surface area (Å²) in [6.07, 6.45) is 0. The molecule has 0 amide bonds. The maximum Gasteiger partial charge on any atom is 0.311 e. The average molecular weight is 236 g/mol. The van der Waals surface area contributed by atoms with Crippen molar-refractivity contribution in [3.63, 3.8) is 0 Å². The summed E-state index contributed by atoms with van der Waals surface area (Å²) < 4.78 is 4.92. The Labute approximate surface area is 95.5 Å². The van der Waals surface area contributed by atoms with Crippen LogP contribution in [0.5, 0.6) is 5.75 Å². The molecule has 0 N–H and O–H groups in total. The van der Waals surface area contributed by atoms with Crippen LogP contribution in [0.2, 0.25) is 0 Å². The van der Waals surface area contributed by atoms with Crippen LogP contribution in [0.15, 0.2) is 29.1 Å². The van der Waals surface area contributed by atoms with Gasteiger partial charge < -0.3 is 4.74 Å². The Morgan fingerprint density at radius 3 is 2.88 bits per heavy atom. The number of ether oxygens (including phenoxy) is 1. The summed E-state index contributed by atoms with van der Waals surface area (Å²) in [6, 6.07) is 4.79. The minimum absolute atomic E-state index is 0.0481. The summed E-state index contributed by atoms with van der Waals surface area (Å²) in [7, 11) is 1.41. The van der Waals surface area contributed by atoms with E-state index < -0.39 is 4.92 Å². The average Bonchev–Trinajstić information content (AvgIpc) is 2.81. The standard InChI is InChI=1S/C10H8N2O3S/c1-15-10-3-2-7(4-9(10)12(13)14)8-5-16-6-11-8/h2-6H,1H3. The first-order valence-electron chi connectivity index (χ1n) is 4.43. The molecule has 0 saturated heterocycles. The number of hydrogen-bond acceptors (Lipinski definition) is 5. The van der Waals surface area contributed by atoms with Crippen molar-refractivity contribution in [2.45, 2.75) is 0 Å². The van der Waals surface area contributed by atoms with Gasteiger partial charge in [-0.25, -0.2) is 4.98 Å². The van der Waals surface area contributed by atoms with Crippen LogP contribution in [-0.2, 0) is 0 Å². The monoisotopic (exact) mass is 236 g/mol. The molecule has 1 aromatic heterocycles. The van der Waals surface area contributed by atoms with Gasteiger partial charge in [0.1, 0.15) is 0 Å². The van der Waals surface area contributed by atoms with Gasteiger partial charge in [-0.1, -0.05) is 0 Å². The lowest BCUT2D eigenvalue weighted by molar-refractivity contribution is -0.385. The van der Waals surface area contributed by atoms with Crippen LogP contribution < -0.4 is 4.74 Å². The lowest BCUT2D eigenvalue weighted by Crippen LogP contribution is -1.94. The number of nitrogens with zero attached hydrogens (tertiary/aromatic N) is 2. The number of rotatable bonds is 3. The van der Waals surface area contributed by atoms with Crippen molar-refractivity contribution < 1.29 is 9.66 Å². The maximum absolute atomic E-state index is 10.8. The van der Waals surface area contributed by atoms with E-state index in [1.807, 2.05) is 5.38 Å². The van der Waals surface area contributed by atoms with Crippen molar-refractivity contribution in [2.75, 3.05) is 7.11 Å². The number of hydrogen-bond donors (Lipinski definition) is 0. The first-order chi connectivity index (χ1) is 7.72. The molecule has 0 aliphatic heterocycles. The molecule has 6 heteroatoms. The van der Waals surface area contributed by atoms with Gasteiger partial charge in [-0.2, -0.15) is 0 Å². The number of thiazole rings is 1. The Balaban J connectivity index is 2.51. The van der Waals surface area contributed by atoms with E-state index in [1.54, 1.807) is 17.6 Å². The van der Waals surface area contributed by atoms with Gasteiger partial charge in [0.15, 0.2) is 5.75 Å². The van der Waals surface area contributed by atoms with Gasteiger partial charge in [-0.15, -0.1) is 11.3 Å². The zero-order chi connectivity index (χ0) is 11.5. The Morgan fingerprint density at radius 1 is 1.50 bits per heavy atom. The largest absolute Gasteiger partial charge is 0.490 e. The first-order valence-corrected chi connectivity index (χ1v) is 5.37. The third-order valence-corrected chi connectivity index (χ3v) is 2.69.